The normalized spacial score (nSPS) is 34.6. The maximum absolute atomic E-state index is 11.6. The Morgan fingerprint density at radius 2 is 1.83 bits per heavy atom. The molecule has 1 heterocycles. The molecule has 4 rings (SSSR count). The lowest BCUT2D eigenvalue weighted by Crippen LogP contribution is -2.61. The summed E-state index contributed by atoms with van der Waals surface area (Å²) in [5, 5.41) is 0. The van der Waals surface area contributed by atoms with Crippen molar-refractivity contribution >= 4 is 11.8 Å². The summed E-state index contributed by atoms with van der Waals surface area (Å²) in [6, 6.07) is 0. The van der Waals surface area contributed by atoms with Gasteiger partial charge in [-0.05, 0) is 63.7 Å². The van der Waals surface area contributed by atoms with Gasteiger partial charge in [-0.1, -0.05) is 13.8 Å². The Labute approximate surface area is 144 Å². The van der Waals surface area contributed by atoms with Crippen LogP contribution in [0.1, 0.15) is 60.3 Å². The summed E-state index contributed by atoms with van der Waals surface area (Å²) in [6.07, 6.45) is 6.59. The molecule has 5 nitrogen and oxygen atoms in total. The van der Waals surface area contributed by atoms with E-state index >= 15 is 0 Å². The highest BCUT2D eigenvalue weighted by molar-refractivity contribution is 6.12. The van der Waals surface area contributed by atoms with Crippen LogP contribution < -0.4 is 0 Å². The molecule has 3 aliphatic carbocycles. The zero-order valence-electron chi connectivity index (χ0n) is 15.4. The number of rotatable bonds is 6. The summed E-state index contributed by atoms with van der Waals surface area (Å²) in [5.41, 5.74) is -0.492. The summed E-state index contributed by atoms with van der Waals surface area (Å²) in [6.45, 7) is 11.0. The van der Waals surface area contributed by atoms with Crippen molar-refractivity contribution < 1.29 is 19.4 Å². The van der Waals surface area contributed by atoms with Gasteiger partial charge in [-0.15, -0.1) is 0 Å². The van der Waals surface area contributed by atoms with Crippen LogP contribution in [0, 0.1) is 17.3 Å². The van der Waals surface area contributed by atoms with Gasteiger partial charge in [0.15, 0.2) is 0 Å². The molecule has 0 radical (unpaired) electrons. The zero-order chi connectivity index (χ0) is 17.8. The molecule has 0 spiro atoms. The first-order chi connectivity index (χ1) is 11.1. The highest BCUT2D eigenvalue weighted by atomic mass is 17.2. The van der Waals surface area contributed by atoms with E-state index in [1.54, 1.807) is 0 Å². The van der Waals surface area contributed by atoms with E-state index in [9.17, 15) is 9.59 Å². The van der Waals surface area contributed by atoms with Crippen LogP contribution in [0.25, 0.3) is 0 Å². The molecule has 3 fully saturated rings. The van der Waals surface area contributed by atoms with E-state index in [1.807, 2.05) is 13.8 Å². The summed E-state index contributed by atoms with van der Waals surface area (Å²) in [7, 11) is 0. The van der Waals surface area contributed by atoms with E-state index in [2.05, 4.69) is 20.8 Å². The molecule has 2 amide bonds. The van der Waals surface area contributed by atoms with Gasteiger partial charge < -0.3 is 0 Å². The van der Waals surface area contributed by atoms with Gasteiger partial charge in [0, 0.05) is 18.7 Å². The number of fused-ring (bicyclic) bond motifs is 2. The van der Waals surface area contributed by atoms with E-state index in [0.29, 0.717) is 24.3 Å². The fourth-order valence-corrected chi connectivity index (χ4v) is 4.56. The minimum absolute atomic E-state index is 0.252. The largest absolute Gasteiger partial charge is 0.275 e. The third-order valence-electron chi connectivity index (χ3n) is 6.49. The van der Waals surface area contributed by atoms with Gasteiger partial charge >= 0.3 is 0 Å². The van der Waals surface area contributed by atoms with Crippen LogP contribution in [0.3, 0.4) is 0 Å². The Hall–Kier alpha value is -1.20. The molecule has 4 aliphatic rings. The Morgan fingerprint density at radius 3 is 2.38 bits per heavy atom. The molecule has 24 heavy (non-hydrogen) atoms. The van der Waals surface area contributed by atoms with E-state index in [1.165, 1.54) is 29.9 Å². The van der Waals surface area contributed by atoms with Crippen molar-refractivity contribution in [2.45, 2.75) is 71.5 Å². The van der Waals surface area contributed by atoms with Gasteiger partial charge in [-0.25, -0.2) is 9.78 Å². The predicted octanol–water partition coefficient (Wildman–Crippen LogP) is 3.24. The third-order valence-corrected chi connectivity index (χ3v) is 6.49. The smallest absolute Gasteiger partial charge is 0.253 e. The van der Waals surface area contributed by atoms with Gasteiger partial charge in [0.05, 0.1) is 5.60 Å². The SMILES string of the molecule is CC(C)(CCN1C(=O)C=CC1=O)OOC1(C)CCC2CC1C2(C)C. The second-order valence-corrected chi connectivity index (χ2v) is 9.00. The van der Waals surface area contributed by atoms with Gasteiger partial charge in [0.1, 0.15) is 5.60 Å². The van der Waals surface area contributed by atoms with Gasteiger partial charge in [-0.3, -0.25) is 14.5 Å². The molecule has 5 heteroatoms. The van der Waals surface area contributed by atoms with Crippen LogP contribution in [-0.2, 0) is 19.4 Å². The predicted molar refractivity (Wildman–Crippen MR) is 89.7 cm³/mol. The van der Waals surface area contributed by atoms with Crippen LogP contribution in [0.2, 0.25) is 0 Å². The number of carbonyl (C=O) groups is 2. The fourth-order valence-electron chi connectivity index (χ4n) is 4.56. The van der Waals surface area contributed by atoms with Gasteiger partial charge in [-0.2, -0.15) is 0 Å². The second kappa shape index (κ2) is 5.67. The number of nitrogens with zero attached hydrogens (tertiary/aromatic N) is 1. The summed E-state index contributed by atoms with van der Waals surface area (Å²) in [4.78, 5) is 36.3. The maximum Gasteiger partial charge on any atom is 0.253 e. The standard InChI is InChI=1S/C19H29NO4/c1-17(2,10-11-20-15(21)6-7-16(20)22)23-24-19(5)9-8-13-12-14(19)18(13,3)4/h6-7,13-14H,8-12H2,1-5H3. The lowest BCUT2D eigenvalue weighted by atomic mass is 9.44. The van der Waals surface area contributed by atoms with Crippen LogP contribution in [0.5, 0.6) is 0 Å². The molecule has 0 N–H and O–H groups in total. The van der Waals surface area contributed by atoms with Crippen molar-refractivity contribution in [2.75, 3.05) is 6.54 Å². The summed E-state index contributed by atoms with van der Waals surface area (Å²) in [5.74, 6) is 0.828. The molecule has 134 valence electrons. The molecule has 0 aromatic rings. The first-order valence-electron chi connectivity index (χ1n) is 8.96. The third kappa shape index (κ3) is 2.93. The first-order valence-corrected chi connectivity index (χ1v) is 8.96. The lowest BCUT2D eigenvalue weighted by Gasteiger charge is -2.63. The maximum atomic E-state index is 11.6. The first kappa shape index (κ1) is 17.6. The number of imide groups is 1. The van der Waals surface area contributed by atoms with Crippen molar-refractivity contribution in [1.82, 2.24) is 4.90 Å². The van der Waals surface area contributed by atoms with E-state index in [4.69, 9.17) is 9.78 Å². The zero-order valence-corrected chi connectivity index (χ0v) is 15.4. The molecule has 0 aromatic heterocycles. The topological polar surface area (TPSA) is 55.8 Å². The molecule has 3 unspecified atom stereocenters. The minimum Gasteiger partial charge on any atom is -0.275 e. The molecule has 1 aliphatic heterocycles. The number of amides is 2. The monoisotopic (exact) mass is 335 g/mol. The molecular formula is C19H29NO4. The van der Waals surface area contributed by atoms with Crippen molar-refractivity contribution in [3.05, 3.63) is 12.2 Å². The highest BCUT2D eigenvalue weighted by Crippen LogP contribution is 2.63. The molecule has 0 aromatic carbocycles. The average molecular weight is 335 g/mol. The molecule has 2 bridgehead atoms. The quantitative estimate of drug-likeness (QED) is 0.425. The van der Waals surface area contributed by atoms with E-state index in [0.717, 1.165) is 12.3 Å². The Kier molecular flexibility index (Phi) is 4.16. The summed E-state index contributed by atoms with van der Waals surface area (Å²) >= 11 is 0. The van der Waals surface area contributed by atoms with Crippen molar-refractivity contribution in [3.8, 4) is 0 Å². The van der Waals surface area contributed by atoms with Gasteiger partial charge in [0.2, 0.25) is 0 Å². The second-order valence-electron chi connectivity index (χ2n) is 9.00. The van der Waals surface area contributed by atoms with Crippen LogP contribution in [0.15, 0.2) is 12.2 Å². The molecular weight excluding hydrogens is 306 g/mol. The van der Waals surface area contributed by atoms with E-state index in [-0.39, 0.29) is 17.4 Å². The number of carbonyl (C=O) groups excluding carboxylic acids is 2. The van der Waals surface area contributed by atoms with E-state index < -0.39 is 5.60 Å². The average Bonchev–Trinajstić information content (AvgIpc) is 2.82. The number of hydrogen-bond acceptors (Lipinski definition) is 4. The molecule has 3 saturated carbocycles. The fraction of sp³-hybridized carbons (Fsp3) is 0.789. The van der Waals surface area contributed by atoms with Gasteiger partial charge in [0.25, 0.3) is 11.8 Å². The van der Waals surface area contributed by atoms with Crippen LogP contribution in [-0.4, -0.2) is 34.5 Å². The van der Waals surface area contributed by atoms with Crippen LogP contribution >= 0.6 is 0 Å². The minimum atomic E-state index is -0.559. The Morgan fingerprint density at radius 1 is 1.21 bits per heavy atom. The van der Waals surface area contributed by atoms with Crippen molar-refractivity contribution in [1.29, 1.82) is 0 Å². The summed E-state index contributed by atoms with van der Waals surface area (Å²) < 4.78 is 0. The van der Waals surface area contributed by atoms with Crippen LogP contribution in [0.4, 0.5) is 0 Å². The lowest BCUT2D eigenvalue weighted by molar-refractivity contribution is -0.436. The number of hydrogen-bond donors (Lipinski definition) is 0. The Balaban J connectivity index is 1.53. The Bertz CT molecular complexity index is 560. The molecule has 0 saturated heterocycles. The highest BCUT2D eigenvalue weighted by Gasteiger charge is 2.60. The van der Waals surface area contributed by atoms with Crippen molar-refractivity contribution in [3.63, 3.8) is 0 Å². The molecule has 3 atom stereocenters. The van der Waals surface area contributed by atoms with Crippen molar-refractivity contribution in [2.24, 2.45) is 17.3 Å².